The lowest BCUT2D eigenvalue weighted by atomic mass is 9.49. The Balaban J connectivity index is 1.52. The first kappa shape index (κ1) is 20.1. The lowest BCUT2D eigenvalue weighted by Crippen LogP contribution is -2.57. The summed E-state index contributed by atoms with van der Waals surface area (Å²) in [6, 6.07) is 3.86. The summed E-state index contributed by atoms with van der Waals surface area (Å²) in [6.45, 7) is 4.66. The molecule has 5 atom stereocenters. The van der Waals surface area contributed by atoms with Gasteiger partial charge in [-0.2, -0.15) is 0 Å². The molecule has 30 heavy (non-hydrogen) atoms. The summed E-state index contributed by atoms with van der Waals surface area (Å²) in [7, 11) is 0. The normalized spacial score (nSPS) is 38.1. The molecule has 0 unspecified atom stereocenters. The molecule has 0 radical (unpaired) electrons. The number of allylic oxidation sites excluding steroid dienone is 2. The van der Waals surface area contributed by atoms with Gasteiger partial charge in [-0.15, -0.1) is 0 Å². The standard InChI is InChI=1S/C24H27BrN2O3/c1-23-10-9-21(30)27(13-14-3-8-20(25)26-12-14)18(23)6-4-15-16-5-7-19(29)24(16,2)11-17(28)22(15)23/h3,6,8,12,15-16,22H,4-5,7,9-11,13H2,1-2H3/t15-,16-,22+,23-,24-/m0/s1. The van der Waals surface area contributed by atoms with Crippen molar-refractivity contribution in [1.82, 2.24) is 9.88 Å². The molecular weight excluding hydrogens is 444 g/mol. The molecule has 1 saturated heterocycles. The Morgan fingerprint density at radius 2 is 1.97 bits per heavy atom. The Morgan fingerprint density at radius 1 is 1.17 bits per heavy atom. The maximum absolute atomic E-state index is 13.5. The third-order valence-corrected chi connectivity index (χ3v) is 8.87. The average Bonchev–Trinajstić information content (AvgIpc) is 3.00. The van der Waals surface area contributed by atoms with Crippen molar-refractivity contribution in [3.05, 3.63) is 40.3 Å². The highest BCUT2D eigenvalue weighted by Crippen LogP contribution is 2.62. The van der Waals surface area contributed by atoms with Crippen LogP contribution in [0, 0.1) is 28.6 Å². The van der Waals surface area contributed by atoms with E-state index >= 15 is 0 Å². The van der Waals surface area contributed by atoms with Crippen LogP contribution in [-0.4, -0.2) is 27.4 Å². The number of likely N-dealkylation sites (tertiary alicyclic amines) is 1. The van der Waals surface area contributed by atoms with Gasteiger partial charge in [0.25, 0.3) is 0 Å². The van der Waals surface area contributed by atoms with Gasteiger partial charge in [-0.3, -0.25) is 14.4 Å². The number of Topliss-reactive ketones (excluding diaryl/α,β-unsaturated/α-hetero) is 2. The van der Waals surface area contributed by atoms with Gasteiger partial charge in [0.1, 0.15) is 16.2 Å². The van der Waals surface area contributed by atoms with Crippen molar-refractivity contribution in [1.29, 1.82) is 0 Å². The van der Waals surface area contributed by atoms with Crippen LogP contribution >= 0.6 is 15.9 Å². The second-order valence-corrected chi connectivity index (χ2v) is 10.8. The fourth-order valence-electron chi connectivity index (χ4n) is 6.92. The lowest BCUT2D eigenvalue weighted by molar-refractivity contribution is -0.152. The van der Waals surface area contributed by atoms with Gasteiger partial charge >= 0.3 is 0 Å². The van der Waals surface area contributed by atoms with Crippen molar-refractivity contribution < 1.29 is 14.4 Å². The number of hydrogen-bond acceptors (Lipinski definition) is 4. The number of amides is 1. The van der Waals surface area contributed by atoms with Gasteiger partial charge < -0.3 is 4.90 Å². The Morgan fingerprint density at radius 3 is 2.70 bits per heavy atom. The molecule has 0 spiro atoms. The number of rotatable bonds is 2. The number of carbonyl (C=O) groups excluding carboxylic acids is 3. The van der Waals surface area contributed by atoms with E-state index in [1.54, 1.807) is 6.20 Å². The molecule has 1 aliphatic heterocycles. The minimum absolute atomic E-state index is 0.0971. The van der Waals surface area contributed by atoms with Gasteiger partial charge in [-0.1, -0.05) is 26.0 Å². The first-order chi connectivity index (χ1) is 14.2. The molecular formula is C24H27BrN2O3. The van der Waals surface area contributed by atoms with Crippen LogP contribution < -0.4 is 0 Å². The van der Waals surface area contributed by atoms with Gasteiger partial charge in [0.05, 0.1) is 6.54 Å². The van der Waals surface area contributed by atoms with E-state index in [0.29, 0.717) is 32.2 Å². The van der Waals surface area contributed by atoms with E-state index in [0.717, 1.165) is 28.7 Å². The molecule has 1 aromatic rings. The number of piperidine rings is 1. The fraction of sp³-hybridized carbons (Fsp3) is 0.583. The molecule has 4 aliphatic rings. The predicted octanol–water partition coefficient (Wildman–Crippen LogP) is 4.45. The zero-order valence-electron chi connectivity index (χ0n) is 17.5. The topological polar surface area (TPSA) is 67.3 Å². The monoisotopic (exact) mass is 470 g/mol. The van der Waals surface area contributed by atoms with Gasteiger partial charge in [-0.05, 0) is 58.7 Å². The second-order valence-electron chi connectivity index (χ2n) is 9.98. The van der Waals surface area contributed by atoms with Gasteiger partial charge in [-0.25, -0.2) is 4.98 Å². The fourth-order valence-corrected chi connectivity index (χ4v) is 7.15. The number of nitrogens with zero attached hydrogens (tertiary/aromatic N) is 2. The van der Waals surface area contributed by atoms with Crippen molar-refractivity contribution in [2.45, 2.75) is 58.9 Å². The minimum atomic E-state index is -0.479. The second kappa shape index (κ2) is 6.84. The van der Waals surface area contributed by atoms with Crippen molar-refractivity contribution in [3.8, 4) is 0 Å². The number of ketones is 2. The number of carbonyl (C=O) groups is 3. The number of hydrogen-bond donors (Lipinski definition) is 0. The van der Waals surface area contributed by atoms with Crippen molar-refractivity contribution in [3.63, 3.8) is 0 Å². The molecule has 0 N–H and O–H groups in total. The maximum Gasteiger partial charge on any atom is 0.227 e. The Bertz CT molecular complexity index is 971. The summed E-state index contributed by atoms with van der Waals surface area (Å²) in [6.07, 6.45) is 7.79. The Kier molecular flexibility index (Phi) is 4.58. The molecule has 0 bridgehead atoms. The minimum Gasteiger partial charge on any atom is -0.311 e. The van der Waals surface area contributed by atoms with Crippen LogP contribution in [0.3, 0.4) is 0 Å². The van der Waals surface area contributed by atoms with Crippen molar-refractivity contribution in [2.75, 3.05) is 0 Å². The molecule has 1 amide bonds. The van der Waals surface area contributed by atoms with Gasteiger partial charge in [0, 0.05) is 47.9 Å². The molecule has 0 aromatic carbocycles. The van der Waals surface area contributed by atoms with E-state index in [1.807, 2.05) is 24.0 Å². The van der Waals surface area contributed by atoms with Crippen LogP contribution in [0.25, 0.3) is 0 Å². The van der Waals surface area contributed by atoms with Crippen LogP contribution in [0.1, 0.15) is 57.9 Å². The predicted molar refractivity (Wildman–Crippen MR) is 115 cm³/mol. The molecule has 158 valence electrons. The van der Waals surface area contributed by atoms with Gasteiger partial charge in [0.2, 0.25) is 5.91 Å². The lowest BCUT2D eigenvalue weighted by Gasteiger charge is -2.56. The molecule has 3 aliphatic carbocycles. The molecule has 6 heteroatoms. The first-order valence-corrected chi connectivity index (χ1v) is 11.7. The quantitative estimate of drug-likeness (QED) is 0.598. The highest BCUT2D eigenvalue weighted by molar-refractivity contribution is 9.10. The van der Waals surface area contributed by atoms with Crippen LogP contribution in [-0.2, 0) is 20.9 Å². The first-order valence-electron chi connectivity index (χ1n) is 10.9. The summed E-state index contributed by atoms with van der Waals surface area (Å²) in [5.41, 5.74) is 1.16. The molecule has 2 saturated carbocycles. The molecule has 5 nitrogen and oxygen atoms in total. The third kappa shape index (κ3) is 2.79. The van der Waals surface area contributed by atoms with E-state index in [9.17, 15) is 14.4 Å². The number of fused-ring (bicyclic) bond motifs is 5. The zero-order valence-corrected chi connectivity index (χ0v) is 19.1. The third-order valence-electron chi connectivity index (χ3n) is 8.41. The smallest absolute Gasteiger partial charge is 0.227 e. The number of pyridine rings is 1. The van der Waals surface area contributed by atoms with E-state index < -0.39 is 5.41 Å². The van der Waals surface area contributed by atoms with Crippen LogP contribution in [0.5, 0.6) is 0 Å². The summed E-state index contributed by atoms with van der Waals surface area (Å²) < 4.78 is 0.766. The largest absolute Gasteiger partial charge is 0.311 e. The highest BCUT2D eigenvalue weighted by atomic mass is 79.9. The van der Waals surface area contributed by atoms with Crippen LogP contribution in [0.2, 0.25) is 0 Å². The summed E-state index contributed by atoms with van der Waals surface area (Å²) in [5, 5.41) is 0. The van der Waals surface area contributed by atoms with Crippen molar-refractivity contribution in [2.24, 2.45) is 28.6 Å². The van der Waals surface area contributed by atoms with Crippen LogP contribution in [0.4, 0.5) is 0 Å². The molecule has 1 aromatic heterocycles. The summed E-state index contributed by atoms with van der Waals surface area (Å²) >= 11 is 3.36. The molecule has 5 rings (SSSR count). The molecule has 2 heterocycles. The van der Waals surface area contributed by atoms with Gasteiger partial charge in [0.15, 0.2) is 0 Å². The summed E-state index contributed by atoms with van der Waals surface area (Å²) in [4.78, 5) is 45.2. The van der Waals surface area contributed by atoms with Crippen LogP contribution in [0.15, 0.2) is 34.7 Å². The van der Waals surface area contributed by atoms with Crippen molar-refractivity contribution >= 4 is 33.4 Å². The average molecular weight is 471 g/mol. The number of halogens is 1. The van der Waals surface area contributed by atoms with E-state index in [-0.39, 0.29) is 40.6 Å². The van der Waals surface area contributed by atoms with E-state index in [1.165, 1.54) is 0 Å². The van der Waals surface area contributed by atoms with E-state index in [2.05, 4.69) is 33.9 Å². The molecule has 3 fully saturated rings. The maximum atomic E-state index is 13.5. The SMILES string of the molecule is C[C@]12CCC(=O)N(Cc3ccc(Br)nc3)C1=CC[C@@H]1[C@@H]2C(=O)C[C@]2(C)C(=O)CC[C@@H]12. The highest BCUT2D eigenvalue weighted by Gasteiger charge is 2.62. The van der Waals surface area contributed by atoms with E-state index in [4.69, 9.17) is 0 Å². The Labute approximate surface area is 185 Å². The zero-order chi connectivity index (χ0) is 21.3. The summed E-state index contributed by atoms with van der Waals surface area (Å²) in [5.74, 6) is 0.999. The Hall–Kier alpha value is -1.82. The number of aromatic nitrogens is 1.